The van der Waals surface area contributed by atoms with Gasteiger partial charge in [0.2, 0.25) is 21.8 Å². The number of carbonyl (C=O) groups is 3. The van der Waals surface area contributed by atoms with Gasteiger partial charge in [0.05, 0.1) is 11.1 Å². The zero-order valence-electron chi connectivity index (χ0n) is 20.8. The Morgan fingerprint density at radius 3 is 2.44 bits per heavy atom. The number of rotatable bonds is 5. The minimum absolute atomic E-state index is 0.132. The van der Waals surface area contributed by atoms with Gasteiger partial charge < -0.3 is 9.32 Å². The first-order valence-corrected chi connectivity index (χ1v) is 14.1. The Kier molecular flexibility index (Phi) is 6.31. The van der Waals surface area contributed by atoms with E-state index in [4.69, 9.17) is 4.42 Å². The summed E-state index contributed by atoms with van der Waals surface area (Å²) in [6.45, 7) is 0.631. The third-order valence-corrected chi connectivity index (χ3v) is 9.67. The van der Waals surface area contributed by atoms with Gasteiger partial charge in [0.25, 0.3) is 5.91 Å². The van der Waals surface area contributed by atoms with Crippen LogP contribution < -0.4 is 5.32 Å². The highest BCUT2D eigenvalue weighted by molar-refractivity contribution is 7.89. The van der Waals surface area contributed by atoms with E-state index in [0.29, 0.717) is 35.3 Å². The normalized spacial score (nSPS) is 20.8. The minimum Gasteiger partial charge on any atom is -0.444 e. The van der Waals surface area contributed by atoms with E-state index in [-0.39, 0.29) is 54.8 Å². The van der Waals surface area contributed by atoms with Crippen LogP contribution in [-0.2, 0) is 26.2 Å². The highest BCUT2D eigenvalue weighted by Crippen LogP contribution is 2.38. The number of fused-ring (bicyclic) bond motifs is 1. The maximum absolute atomic E-state index is 14.7. The van der Waals surface area contributed by atoms with E-state index in [1.165, 1.54) is 39.9 Å². The summed E-state index contributed by atoms with van der Waals surface area (Å²) in [4.78, 5) is 42.5. The number of piperidine rings is 2. The quantitative estimate of drug-likeness (QED) is 0.482. The summed E-state index contributed by atoms with van der Waals surface area (Å²) in [6.07, 6.45) is 4.12. The summed E-state index contributed by atoms with van der Waals surface area (Å²) in [6, 6.07) is 8.22. The molecule has 1 atom stereocenters. The molecule has 4 heterocycles. The number of nitrogens with zero attached hydrogens (tertiary/aromatic N) is 3. The fraction of sp³-hybridized carbons (Fsp3) is 0.333. The Morgan fingerprint density at radius 1 is 1.03 bits per heavy atom. The lowest BCUT2D eigenvalue weighted by atomic mass is 9.86. The Bertz CT molecular complexity index is 1560. The molecule has 2 aromatic carbocycles. The molecule has 2 fully saturated rings. The molecule has 39 heavy (non-hydrogen) atoms. The molecule has 0 bridgehead atoms. The highest BCUT2D eigenvalue weighted by atomic mass is 32.2. The molecular weight excluding hydrogens is 527 g/mol. The zero-order valence-corrected chi connectivity index (χ0v) is 21.6. The predicted molar refractivity (Wildman–Crippen MR) is 135 cm³/mol. The minimum atomic E-state index is -3.74. The predicted octanol–water partition coefficient (Wildman–Crippen LogP) is 2.81. The Morgan fingerprint density at radius 2 is 1.77 bits per heavy atom. The van der Waals surface area contributed by atoms with Crippen molar-refractivity contribution >= 4 is 27.7 Å². The lowest BCUT2D eigenvalue weighted by Crippen LogP contribution is -2.52. The number of hydrogen-bond donors (Lipinski definition) is 1. The average molecular weight is 553 g/mol. The van der Waals surface area contributed by atoms with Crippen LogP contribution in [0.4, 0.5) is 4.39 Å². The second-order valence-electron chi connectivity index (χ2n) is 9.99. The first-order valence-electron chi connectivity index (χ1n) is 12.7. The van der Waals surface area contributed by atoms with E-state index < -0.39 is 33.7 Å². The van der Waals surface area contributed by atoms with E-state index in [2.05, 4.69) is 10.3 Å². The van der Waals surface area contributed by atoms with Crippen molar-refractivity contribution in [1.29, 1.82) is 0 Å². The number of aromatic nitrogens is 1. The van der Waals surface area contributed by atoms with Crippen molar-refractivity contribution in [3.63, 3.8) is 0 Å². The summed E-state index contributed by atoms with van der Waals surface area (Å²) >= 11 is 0. The van der Waals surface area contributed by atoms with Gasteiger partial charge in [0.1, 0.15) is 11.9 Å². The van der Waals surface area contributed by atoms with Gasteiger partial charge in [-0.3, -0.25) is 19.7 Å². The number of carbonyl (C=O) groups excluding carboxylic acids is 3. The van der Waals surface area contributed by atoms with Gasteiger partial charge in [-0.15, -0.1) is 0 Å². The van der Waals surface area contributed by atoms with Gasteiger partial charge >= 0.3 is 0 Å². The van der Waals surface area contributed by atoms with Crippen LogP contribution in [0.3, 0.4) is 0 Å². The third kappa shape index (κ3) is 4.53. The molecule has 202 valence electrons. The lowest BCUT2D eigenvalue weighted by Gasteiger charge is -2.32. The fourth-order valence-corrected chi connectivity index (χ4v) is 7.19. The lowest BCUT2D eigenvalue weighted by molar-refractivity contribution is -0.136. The monoisotopic (exact) mass is 552 g/mol. The van der Waals surface area contributed by atoms with Gasteiger partial charge in [-0.2, -0.15) is 4.31 Å². The molecule has 3 amide bonds. The van der Waals surface area contributed by atoms with Crippen LogP contribution in [0.25, 0.3) is 11.3 Å². The van der Waals surface area contributed by atoms with Crippen molar-refractivity contribution in [2.24, 2.45) is 0 Å². The standard InChI is InChI=1S/C27H25FN4O6S/c28-18-11-20(22-14-32(27(35)21(22)12-18)23-5-6-25(33)30-26(23)34)16-7-9-31(10-8-16)39(36,37)19-3-1-17(2-4-19)24-13-29-15-38-24/h1-4,11-13,15-16,23H,5-10,14H2,(H,30,33,34). The number of nitrogens with one attached hydrogen (secondary N) is 1. The van der Waals surface area contributed by atoms with Crippen LogP contribution in [0.2, 0.25) is 0 Å². The number of amides is 3. The van der Waals surface area contributed by atoms with Gasteiger partial charge in [0.15, 0.2) is 12.2 Å². The van der Waals surface area contributed by atoms with Crippen molar-refractivity contribution in [2.75, 3.05) is 13.1 Å². The molecule has 1 unspecified atom stereocenters. The first kappa shape index (κ1) is 25.4. The van der Waals surface area contributed by atoms with Crippen molar-refractivity contribution in [3.8, 4) is 11.3 Å². The summed E-state index contributed by atoms with van der Waals surface area (Å²) in [5.74, 6) is -1.50. The number of sulfonamides is 1. The van der Waals surface area contributed by atoms with Crippen molar-refractivity contribution < 1.29 is 31.6 Å². The smallest absolute Gasteiger partial charge is 0.255 e. The molecule has 2 saturated heterocycles. The van der Waals surface area contributed by atoms with Crippen LogP contribution >= 0.6 is 0 Å². The SMILES string of the molecule is O=C1CCC(N2Cc3c(cc(F)cc3C3CCN(S(=O)(=O)c4ccc(-c5cnco5)cc4)CC3)C2=O)C(=O)N1. The van der Waals surface area contributed by atoms with Crippen LogP contribution in [0.1, 0.15) is 53.1 Å². The molecule has 3 aliphatic rings. The molecule has 0 saturated carbocycles. The maximum Gasteiger partial charge on any atom is 0.255 e. The summed E-state index contributed by atoms with van der Waals surface area (Å²) in [5.41, 5.74) is 2.26. The molecule has 1 aromatic heterocycles. The highest BCUT2D eigenvalue weighted by Gasteiger charge is 2.41. The number of hydrogen-bond acceptors (Lipinski definition) is 7. The fourth-order valence-electron chi connectivity index (χ4n) is 5.72. The molecular formula is C27H25FN4O6S. The first-order chi connectivity index (χ1) is 18.7. The van der Waals surface area contributed by atoms with Crippen LogP contribution in [-0.4, -0.2) is 59.5 Å². The van der Waals surface area contributed by atoms with Crippen LogP contribution in [0, 0.1) is 5.82 Å². The van der Waals surface area contributed by atoms with Crippen molar-refractivity contribution in [2.45, 2.75) is 49.1 Å². The van der Waals surface area contributed by atoms with Gasteiger partial charge in [0, 0.05) is 37.2 Å². The molecule has 1 N–H and O–H groups in total. The van der Waals surface area contributed by atoms with Gasteiger partial charge in [-0.1, -0.05) is 0 Å². The van der Waals surface area contributed by atoms with Crippen molar-refractivity contribution in [3.05, 3.63) is 71.5 Å². The molecule has 0 aliphatic carbocycles. The van der Waals surface area contributed by atoms with E-state index in [1.807, 2.05) is 0 Å². The summed E-state index contributed by atoms with van der Waals surface area (Å²) < 4.78 is 47.9. The number of benzene rings is 2. The Labute approximate surface area is 223 Å². The van der Waals surface area contributed by atoms with E-state index >= 15 is 0 Å². The average Bonchev–Trinajstić information content (AvgIpc) is 3.58. The molecule has 10 nitrogen and oxygen atoms in total. The summed E-state index contributed by atoms with van der Waals surface area (Å²) in [7, 11) is -3.74. The van der Waals surface area contributed by atoms with Crippen molar-refractivity contribution in [1.82, 2.24) is 19.5 Å². The largest absolute Gasteiger partial charge is 0.444 e. The molecule has 6 rings (SSSR count). The zero-order chi connectivity index (χ0) is 27.3. The molecule has 3 aromatic rings. The second kappa shape index (κ2) is 9.69. The molecule has 3 aliphatic heterocycles. The van der Waals surface area contributed by atoms with Gasteiger partial charge in [-0.25, -0.2) is 17.8 Å². The Balaban J connectivity index is 1.18. The van der Waals surface area contributed by atoms with E-state index in [9.17, 15) is 27.2 Å². The number of halogens is 1. The van der Waals surface area contributed by atoms with E-state index in [1.54, 1.807) is 18.3 Å². The topological polar surface area (TPSA) is 130 Å². The number of imide groups is 1. The van der Waals surface area contributed by atoms with Gasteiger partial charge in [-0.05, 0) is 72.7 Å². The van der Waals surface area contributed by atoms with Crippen LogP contribution in [0.5, 0.6) is 0 Å². The number of oxazole rings is 1. The summed E-state index contributed by atoms with van der Waals surface area (Å²) in [5, 5.41) is 2.27. The second-order valence-corrected chi connectivity index (χ2v) is 11.9. The third-order valence-electron chi connectivity index (χ3n) is 7.76. The maximum atomic E-state index is 14.7. The molecule has 0 radical (unpaired) electrons. The molecule has 12 heteroatoms. The Hall–Kier alpha value is -3.90. The van der Waals surface area contributed by atoms with Crippen LogP contribution in [0.15, 0.2) is 58.3 Å². The van der Waals surface area contributed by atoms with E-state index in [0.717, 1.165) is 0 Å². The molecule has 0 spiro atoms.